The van der Waals surface area contributed by atoms with Gasteiger partial charge in [0, 0.05) is 28.0 Å². The van der Waals surface area contributed by atoms with E-state index in [4.69, 9.17) is 15.0 Å². The van der Waals surface area contributed by atoms with Gasteiger partial charge in [-0.3, -0.25) is 0 Å². The average Bonchev–Trinajstić information content (AvgIpc) is 3.59. The van der Waals surface area contributed by atoms with Crippen LogP contribution < -0.4 is 0 Å². The van der Waals surface area contributed by atoms with Gasteiger partial charge >= 0.3 is 0 Å². The molecule has 3 heteroatoms. The lowest BCUT2D eigenvalue weighted by Crippen LogP contribution is -2.31. The molecule has 0 aliphatic heterocycles. The summed E-state index contributed by atoms with van der Waals surface area (Å²) in [6.45, 7) is 4.91. The van der Waals surface area contributed by atoms with E-state index >= 15 is 0 Å². The van der Waals surface area contributed by atoms with Crippen LogP contribution in [0.3, 0.4) is 0 Å². The molecule has 0 N–H and O–H groups in total. The first kappa shape index (κ1) is 30.4. The average molecular weight is 660 g/mol. The molecule has 1 aromatic heterocycles. The van der Waals surface area contributed by atoms with Gasteiger partial charge in [0.1, 0.15) is 0 Å². The van der Waals surface area contributed by atoms with E-state index in [1.807, 2.05) is 36.4 Å². The highest BCUT2D eigenvalue weighted by molar-refractivity contribution is 5.98. The summed E-state index contributed by atoms with van der Waals surface area (Å²) in [5.74, 6) is 2.93. The summed E-state index contributed by atoms with van der Waals surface area (Å²) >= 11 is 0. The molecule has 51 heavy (non-hydrogen) atoms. The summed E-state index contributed by atoms with van der Waals surface area (Å²) in [5.41, 5.74) is 14.8. The summed E-state index contributed by atoms with van der Waals surface area (Å²) in [5, 5.41) is 0. The Labute approximate surface area is 300 Å². The van der Waals surface area contributed by atoms with Crippen molar-refractivity contribution in [1.82, 2.24) is 15.0 Å². The van der Waals surface area contributed by atoms with Gasteiger partial charge in [0.05, 0.1) is 0 Å². The number of hydrogen-bond acceptors (Lipinski definition) is 3. The van der Waals surface area contributed by atoms with Gasteiger partial charge in [0.15, 0.2) is 17.5 Å². The van der Waals surface area contributed by atoms with E-state index in [0.717, 1.165) is 16.7 Å². The third-order valence-electron chi connectivity index (χ3n) is 12.4. The molecule has 5 aromatic carbocycles. The maximum absolute atomic E-state index is 4.99. The molecular formula is C48H41N3. The monoisotopic (exact) mass is 659 g/mol. The predicted octanol–water partition coefficient (Wildman–Crippen LogP) is 11.8. The molecule has 2 atom stereocenters. The number of nitrogens with zero attached hydrogens (tertiary/aromatic N) is 3. The molecule has 6 aromatic rings. The molecular weight excluding hydrogens is 619 g/mol. The van der Waals surface area contributed by atoms with E-state index in [0.29, 0.717) is 29.3 Å². The Kier molecular flexibility index (Phi) is 6.90. The molecule has 1 fully saturated rings. The molecule has 1 heterocycles. The fourth-order valence-electron chi connectivity index (χ4n) is 9.93. The number of aromatic nitrogens is 3. The number of benzene rings is 5. The first-order chi connectivity index (χ1) is 25.0. The zero-order valence-corrected chi connectivity index (χ0v) is 29.3. The normalized spacial score (nSPS) is 20.5. The largest absolute Gasteiger partial charge is 0.208 e. The van der Waals surface area contributed by atoms with Crippen LogP contribution in [0.2, 0.25) is 0 Å². The quantitative estimate of drug-likeness (QED) is 0.189. The number of rotatable bonds is 4. The molecule has 4 aliphatic rings. The van der Waals surface area contributed by atoms with Crippen LogP contribution in [-0.4, -0.2) is 15.0 Å². The molecule has 2 unspecified atom stereocenters. The van der Waals surface area contributed by atoms with Crippen molar-refractivity contribution >= 4 is 5.57 Å². The maximum atomic E-state index is 4.99. The Morgan fingerprint density at radius 2 is 1.06 bits per heavy atom. The highest BCUT2D eigenvalue weighted by Crippen LogP contribution is 2.64. The molecule has 248 valence electrons. The van der Waals surface area contributed by atoms with E-state index in [1.165, 1.54) is 65.5 Å². The Bertz CT molecular complexity index is 2300. The molecule has 0 amide bonds. The van der Waals surface area contributed by atoms with Crippen molar-refractivity contribution in [2.75, 3.05) is 0 Å². The highest BCUT2D eigenvalue weighted by Gasteiger charge is 2.52. The van der Waals surface area contributed by atoms with Crippen molar-refractivity contribution in [1.29, 1.82) is 0 Å². The second-order valence-electron chi connectivity index (χ2n) is 15.5. The molecule has 10 rings (SSSR count). The standard InChI is InChI=1S/C48H41N3/c1-47(2)39-21-11-10-19-36(39)37-29-42-38(30-41(37)47)43-35(20-14-22-40(43)48(42)27-12-5-13-28-48)31-23-25-34(26-24-31)46-50-44(32-15-6-3-7-16-32)49-45(51-46)33-17-8-4-9-18-33/h3-4,6-11,14-26,29-30,37,41H,5,12-13,27-28H2,1-2H3. The van der Waals surface area contributed by atoms with Crippen molar-refractivity contribution in [3.8, 4) is 45.3 Å². The molecule has 1 spiro atoms. The summed E-state index contributed by atoms with van der Waals surface area (Å²) < 4.78 is 0. The van der Waals surface area contributed by atoms with E-state index in [1.54, 1.807) is 11.1 Å². The van der Waals surface area contributed by atoms with Gasteiger partial charge in [0.25, 0.3) is 0 Å². The molecule has 4 aliphatic carbocycles. The number of fused-ring (bicyclic) bond motifs is 8. The molecule has 0 radical (unpaired) electrons. The van der Waals surface area contributed by atoms with Crippen molar-refractivity contribution in [2.24, 2.45) is 5.92 Å². The lowest BCUT2D eigenvalue weighted by molar-refractivity contribution is 0.345. The van der Waals surface area contributed by atoms with Gasteiger partial charge in [-0.2, -0.15) is 0 Å². The Morgan fingerprint density at radius 1 is 0.510 bits per heavy atom. The zero-order valence-electron chi connectivity index (χ0n) is 29.3. The zero-order chi connectivity index (χ0) is 34.2. The summed E-state index contributed by atoms with van der Waals surface area (Å²) in [4.78, 5) is 14.9. The SMILES string of the molecule is CC1(C)c2ccccc2C2C=C3C(=CC21)c1c(-c2ccc(-c4nc(-c5ccccc5)nc(-c5ccccc5)n4)cc2)cccc1C31CCCCC1. The molecule has 3 nitrogen and oxygen atoms in total. The van der Waals surface area contributed by atoms with Gasteiger partial charge in [0.2, 0.25) is 0 Å². The topological polar surface area (TPSA) is 38.7 Å². The minimum atomic E-state index is 0.0805. The fourth-order valence-corrected chi connectivity index (χ4v) is 9.93. The van der Waals surface area contributed by atoms with Crippen LogP contribution in [0, 0.1) is 5.92 Å². The minimum Gasteiger partial charge on any atom is -0.208 e. The van der Waals surface area contributed by atoms with E-state index in [2.05, 4.69) is 117 Å². The second-order valence-corrected chi connectivity index (χ2v) is 15.5. The summed E-state index contributed by atoms with van der Waals surface area (Å²) in [6.07, 6.45) is 11.8. The van der Waals surface area contributed by atoms with Crippen LogP contribution in [0.1, 0.15) is 74.1 Å². The van der Waals surface area contributed by atoms with Gasteiger partial charge in [-0.25, -0.2) is 15.0 Å². The van der Waals surface area contributed by atoms with Crippen molar-refractivity contribution in [3.05, 3.63) is 167 Å². The third-order valence-corrected chi connectivity index (χ3v) is 12.4. The molecule has 1 saturated carbocycles. The van der Waals surface area contributed by atoms with Crippen LogP contribution in [0.5, 0.6) is 0 Å². The first-order valence-corrected chi connectivity index (χ1v) is 18.7. The van der Waals surface area contributed by atoms with Gasteiger partial charge in [-0.05, 0) is 68.7 Å². The van der Waals surface area contributed by atoms with Gasteiger partial charge in [-0.15, -0.1) is 0 Å². The second kappa shape index (κ2) is 11.6. The van der Waals surface area contributed by atoms with Crippen LogP contribution in [-0.2, 0) is 10.8 Å². The van der Waals surface area contributed by atoms with Crippen molar-refractivity contribution in [2.45, 2.75) is 62.7 Å². The Morgan fingerprint density at radius 3 is 1.71 bits per heavy atom. The maximum Gasteiger partial charge on any atom is 0.164 e. The Hall–Kier alpha value is -5.41. The number of allylic oxidation sites excluding steroid dienone is 4. The van der Waals surface area contributed by atoms with E-state index in [-0.39, 0.29) is 10.8 Å². The molecule has 0 bridgehead atoms. The number of hydrogen-bond donors (Lipinski definition) is 0. The van der Waals surface area contributed by atoms with Crippen LogP contribution in [0.4, 0.5) is 0 Å². The molecule has 0 saturated heterocycles. The minimum absolute atomic E-state index is 0.0805. The first-order valence-electron chi connectivity index (χ1n) is 18.7. The van der Waals surface area contributed by atoms with Crippen LogP contribution in [0.15, 0.2) is 145 Å². The third kappa shape index (κ3) is 4.67. The van der Waals surface area contributed by atoms with Crippen LogP contribution in [0.25, 0.3) is 50.9 Å². The lowest BCUT2D eigenvalue weighted by Gasteiger charge is -2.39. The van der Waals surface area contributed by atoms with Gasteiger partial charge < -0.3 is 0 Å². The van der Waals surface area contributed by atoms with E-state index in [9.17, 15) is 0 Å². The van der Waals surface area contributed by atoms with Crippen molar-refractivity contribution in [3.63, 3.8) is 0 Å². The van der Waals surface area contributed by atoms with E-state index < -0.39 is 0 Å². The fraction of sp³-hybridized carbons (Fsp3) is 0.229. The highest BCUT2D eigenvalue weighted by atomic mass is 15.0. The van der Waals surface area contributed by atoms with Crippen molar-refractivity contribution < 1.29 is 0 Å². The van der Waals surface area contributed by atoms with Gasteiger partial charge in [-0.1, -0.05) is 173 Å². The summed E-state index contributed by atoms with van der Waals surface area (Å²) in [7, 11) is 0. The van der Waals surface area contributed by atoms with Crippen LogP contribution >= 0.6 is 0 Å². The Balaban J connectivity index is 1.09. The smallest absolute Gasteiger partial charge is 0.164 e. The predicted molar refractivity (Wildman–Crippen MR) is 208 cm³/mol. The lowest BCUT2D eigenvalue weighted by atomic mass is 9.64. The summed E-state index contributed by atoms with van der Waals surface area (Å²) in [6, 6.07) is 45.6.